The van der Waals surface area contributed by atoms with E-state index in [1.54, 1.807) is 27.0 Å². The van der Waals surface area contributed by atoms with Crippen molar-refractivity contribution in [1.29, 1.82) is 0 Å². The van der Waals surface area contributed by atoms with E-state index < -0.39 is 18.6 Å². The number of aryl methyl sites for hydroxylation is 1. The Balaban J connectivity index is 3.06. The molecule has 1 amide bonds. The number of hydrogen-bond acceptors (Lipinski definition) is 3. The fourth-order valence-corrected chi connectivity index (χ4v) is 1.85. The summed E-state index contributed by atoms with van der Waals surface area (Å²) in [5.74, 6) is -0.666. The van der Waals surface area contributed by atoms with Crippen LogP contribution < -0.4 is 5.32 Å². The van der Waals surface area contributed by atoms with Gasteiger partial charge in [-0.15, -0.1) is 0 Å². The summed E-state index contributed by atoms with van der Waals surface area (Å²) in [6.07, 6.45) is -2.65. The van der Waals surface area contributed by atoms with Gasteiger partial charge in [-0.3, -0.25) is 9.78 Å². The number of rotatable bonds is 5. The Morgan fingerprint density at radius 1 is 1.45 bits per heavy atom. The van der Waals surface area contributed by atoms with Crippen LogP contribution in [0.15, 0.2) is 12.3 Å². The minimum absolute atomic E-state index is 0.0510. The number of nitrogens with one attached hydrogen (secondary N) is 1. The topological polar surface area (TPSA) is 45.2 Å². The molecule has 20 heavy (non-hydrogen) atoms. The molecule has 0 bridgehead atoms. The Morgan fingerprint density at radius 3 is 2.60 bits per heavy atom. The molecule has 0 spiro atoms. The van der Waals surface area contributed by atoms with Gasteiger partial charge >= 0.3 is 6.18 Å². The number of carbonyl (C=O) groups excluding carboxylic acids is 1. The average Bonchev–Trinajstić information content (AvgIpc) is 2.35. The van der Waals surface area contributed by atoms with E-state index in [0.717, 1.165) is 4.90 Å². The Bertz CT molecular complexity index is 474. The molecule has 1 N–H and O–H groups in total. The maximum Gasteiger partial charge on any atom is 0.406 e. The van der Waals surface area contributed by atoms with Crippen LogP contribution >= 0.6 is 0 Å². The van der Waals surface area contributed by atoms with Crippen molar-refractivity contribution in [2.75, 3.05) is 25.5 Å². The minimum atomic E-state index is -4.41. The second-order valence-electron chi connectivity index (χ2n) is 4.46. The third kappa shape index (κ3) is 4.40. The van der Waals surface area contributed by atoms with Gasteiger partial charge < -0.3 is 10.2 Å². The molecule has 0 aliphatic carbocycles. The van der Waals surface area contributed by atoms with Gasteiger partial charge in [-0.05, 0) is 19.4 Å². The van der Waals surface area contributed by atoms with Gasteiger partial charge in [0.2, 0.25) is 0 Å². The molecule has 0 saturated carbocycles. The number of halogens is 3. The molecule has 0 atom stereocenters. The first-order chi connectivity index (χ1) is 9.28. The maximum atomic E-state index is 12.5. The highest BCUT2D eigenvalue weighted by atomic mass is 19.4. The fraction of sp³-hybridized carbons (Fsp3) is 0.538. The molecule has 0 aliphatic heterocycles. The van der Waals surface area contributed by atoms with Gasteiger partial charge in [0.05, 0.1) is 11.3 Å². The first kappa shape index (κ1) is 16.3. The van der Waals surface area contributed by atoms with E-state index in [9.17, 15) is 18.0 Å². The lowest BCUT2D eigenvalue weighted by molar-refractivity contribution is -0.140. The van der Waals surface area contributed by atoms with E-state index in [1.807, 2.05) is 0 Å². The van der Waals surface area contributed by atoms with Crippen molar-refractivity contribution >= 4 is 11.6 Å². The van der Waals surface area contributed by atoms with E-state index >= 15 is 0 Å². The summed E-state index contributed by atoms with van der Waals surface area (Å²) in [6.45, 7) is 2.27. The predicted octanol–water partition coefficient (Wildman–Crippen LogP) is 2.85. The lowest BCUT2D eigenvalue weighted by Crippen LogP contribution is -2.39. The highest BCUT2D eigenvalue weighted by Crippen LogP contribution is 2.21. The molecule has 1 rings (SSSR count). The van der Waals surface area contributed by atoms with E-state index in [4.69, 9.17) is 0 Å². The summed E-state index contributed by atoms with van der Waals surface area (Å²) < 4.78 is 37.6. The van der Waals surface area contributed by atoms with Crippen LogP contribution in [0.1, 0.15) is 29.4 Å². The van der Waals surface area contributed by atoms with E-state index in [-0.39, 0.29) is 12.1 Å². The summed E-state index contributed by atoms with van der Waals surface area (Å²) in [5.41, 5.74) is 1.31. The molecule has 7 heteroatoms. The quantitative estimate of drug-likeness (QED) is 0.906. The number of aromatic nitrogens is 1. The van der Waals surface area contributed by atoms with Crippen molar-refractivity contribution in [3.8, 4) is 0 Å². The van der Waals surface area contributed by atoms with Gasteiger partial charge in [0, 0.05) is 25.5 Å². The lowest BCUT2D eigenvalue weighted by Gasteiger charge is -2.24. The summed E-state index contributed by atoms with van der Waals surface area (Å²) >= 11 is 0. The number of amides is 1. The number of alkyl halides is 3. The van der Waals surface area contributed by atoms with Crippen molar-refractivity contribution in [1.82, 2.24) is 9.88 Å². The Hall–Kier alpha value is -1.79. The summed E-state index contributed by atoms with van der Waals surface area (Å²) in [7, 11) is 1.61. The van der Waals surface area contributed by atoms with Gasteiger partial charge in [0.15, 0.2) is 0 Å². The van der Waals surface area contributed by atoms with Gasteiger partial charge in [-0.1, -0.05) is 6.92 Å². The Kier molecular flexibility index (Phi) is 5.35. The highest BCUT2D eigenvalue weighted by molar-refractivity contribution is 5.99. The van der Waals surface area contributed by atoms with Crippen LogP contribution in [-0.2, 0) is 0 Å². The molecular formula is C13H18F3N3O. The van der Waals surface area contributed by atoms with Crippen LogP contribution in [0.25, 0.3) is 0 Å². The molecule has 0 fully saturated rings. The molecule has 1 heterocycles. The molecule has 0 aliphatic rings. The molecule has 0 radical (unpaired) electrons. The molecule has 112 valence electrons. The van der Waals surface area contributed by atoms with E-state index in [2.05, 4.69) is 10.3 Å². The average molecular weight is 289 g/mol. The number of carbonyl (C=O) groups is 1. The largest absolute Gasteiger partial charge is 0.406 e. The summed E-state index contributed by atoms with van der Waals surface area (Å²) in [6, 6.07) is 1.63. The zero-order valence-electron chi connectivity index (χ0n) is 11.7. The van der Waals surface area contributed by atoms with Crippen molar-refractivity contribution in [3.63, 3.8) is 0 Å². The van der Waals surface area contributed by atoms with Crippen molar-refractivity contribution < 1.29 is 18.0 Å². The molecule has 1 aromatic rings. The predicted molar refractivity (Wildman–Crippen MR) is 70.8 cm³/mol. The van der Waals surface area contributed by atoms with Crippen LogP contribution in [0.3, 0.4) is 0 Å². The maximum absolute atomic E-state index is 12.5. The molecule has 0 saturated heterocycles. The summed E-state index contributed by atoms with van der Waals surface area (Å²) in [4.78, 5) is 17.0. The number of hydrogen-bond donors (Lipinski definition) is 1. The zero-order valence-corrected chi connectivity index (χ0v) is 11.7. The molecular weight excluding hydrogens is 271 g/mol. The zero-order chi connectivity index (χ0) is 15.3. The van der Waals surface area contributed by atoms with Crippen molar-refractivity contribution in [3.05, 3.63) is 23.5 Å². The Labute approximate surface area is 116 Å². The first-order valence-electron chi connectivity index (χ1n) is 6.29. The van der Waals surface area contributed by atoms with Gasteiger partial charge in [-0.25, -0.2) is 0 Å². The summed E-state index contributed by atoms with van der Waals surface area (Å²) in [5, 5.41) is 2.81. The second kappa shape index (κ2) is 6.58. The standard InChI is InChI=1S/C13H18F3N3O/c1-4-5-19(8-13(14,15)16)12(20)10-7-18-9(2)6-11(10)17-3/h6-7H,4-5,8H2,1-3H3,(H,17,18). The van der Waals surface area contributed by atoms with Crippen molar-refractivity contribution in [2.24, 2.45) is 0 Å². The third-order valence-electron chi connectivity index (χ3n) is 2.69. The van der Waals surface area contributed by atoms with E-state index in [0.29, 0.717) is 17.8 Å². The lowest BCUT2D eigenvalue weighted by atomic mass is 10.1. The normalized spacial score (nSPS) is 11.3. The van der Waals surface area contributed by atoms with E-state index in [1.165, 1.54) is 6.20 Å². The third-order valence-corrected chi connectivity index (χ3v) is 2.69. The minimum Gasteiger partial charge on any atom is -0.387 e. The molecule has 0 unspecified atom stereocenters. The number of nitrogens with zero attached hydrogens (tertiary/aromatic N) is 2. The first-order valence-corrected chi connectivity index (χ1v) is 6.29. The van der Waals surface area contributed by atoms with Crippen LogP contribution in [0.4, 0.5) is 18.9 Å². The SMILES string of the molecule is CCCN(CC(F)(F)F)C(=O)c1cnc(C)cc1NC. The number of anilines is 1. The molecule has 1 aromatic heterocycles. The highest BCUT2D eigenvalue weighted by Gasteiger charge is 2.33. The van der Waals surface area contributed by atoms with Crippen LogP contribution in [-0.4, -0.2) is 42.1 Å². The van der Waals surface area contributed by atoms with Gasteiger partial charge in [0.25, 0.3) is 5.91 Å². The second-order valence-corrected chi connectivity index (χ2v) is 4.46. The van der Waals surface area contributed by atoms with Crippen LogP contribution in [0.5, 0.6) is 0 Å². The Morgan fingerprint density at radius 2 is 2.10 bits per heavy atom. The van der Waals surface area contributed by atoms with Gasteiger partial charge in [0.1, 0.15) is 6.54 Å². The fourth-order valence-electron chi connectivity index (χ4n) is 1.85. The van der Waals surface area contributed by atoms with Crippen LogP contribution in [0.2, 0.25) is 0 Å². The molecule has 0 aromatic carbocycles. The van der Waals surface area contributed by atoms with Crippen molar-refractivity contribution in [2.45, 2.75) is 26.4 Å². The molecule has 4 nitrogen and oxygen atoms in total. The van der Waals surface area contributed by atoms with Crippen LogP contribution in [0, 0.1) is 6.92 Å². The smallest absolute Gasteiger partial charge is 0.387 e. The van der Waals surface area contributed by atoms with Gasteiger partial charge in [-0.2, -0.15) is 13.2 Å². The monoisotopic (exact) mass is 289 g/mol. The number of pyridine rings is 1.